The van der Waals surface area contributed by atoms with E-state index < -0.39 is 6.04 Å². The molecule has 0 saturated carbocycles. The number of likely N-dealkylation sites (N-methyl/N-ethyl adjacent to an activating group) is 1. The van der Waals surface area contributed by atoms with Gasteiger partial charge in [-0.25, -0.2) is 5.06 Å². The molecule has 1 aromatic carbocycles. The van der Waals surface area contributed by atoms with Crippen molar-refractivity contribution in [2.24, 2.45) is 5.92 Å². The summed E-state index contributed by atoms with van der Waals surface area (Å²) in [5, 5.41) is 13.6. The van der Waals surface area contributed by atoms with E-state index in [0.717, 1.165) is 5.56 Å². The van der Waals surface area contributed by atoms with E-state index in [9.17, 15) is 4.79 Å². The Morgan fingerprint density at radius 3 is 2.52 bits per heavy atom. The Balaban J connectivity index is 2.31. The second-order valence-corrected chi connectivity index (χ2v) is 5.01. The normalized spacial score (nSPS) is 12.4. The van der Waals surface area contributed by atoms with Gasteiger partial charge in [0.05, 0.1) is 7.11 Å². The summed E-state index contributed by atoms with van der Waals surface area (Å²) in [4.78, 5) is 18.6. The molecule has 0 N–H and O–H groups in total. The van der Waals surface area contributed by atoms with Crippen molar-refractivity contribution >= 4 is 5.91 Å². The molecule has 0 aliphatic heterocycles. The standard InChI is InChI=1S/C14H19N5O2/c1-10(2)12(14(20)18(3)21-4)19-16-13(15-17-19)11-8-6-5-7-9-11/h5-10,12H,1-4H3/t12-/m1/s1. The van der Waals surface area contributed by atoms with Crippen LogP contribution in [0.4, 0.5) is 0 Å². The lowest BCUT2D eigenvalue weighted by Crippen LogP contribution is -2.37. The minimum atomic E-state index is -0.556. The van der Waals surface area contributed by atoms with E-state index in [4.69, 9.17) is 4.84 Å². The molecule has 0 bridgehead atoms. The zero-order valence-electron chi connectivity index (χ0n) is 12.6. The number of amides is 1. The summed E-state index contributed by atoms with van der Waals surface area (Å²) in [7, 11) is 3.01. The molecule has 1 atom stereocenters. The van der Waals surface area contributed by atoms with Gasteiger partial charge >= 0.3 is 0 Å². The van der Waals surface area contributed by atoms with Crippen molar-refractivity contribution in [1.29, 1.82) is 0 Å². The largest absolute Gasteiger partial charge is 0.274 e. The number of tetrazole rings is 1. The van der Waals surface area contributed by atoms with Crippen molar-refractivity contribution in [3.05, 3.63) is 30.3 Å². The summed E-state index contributed by atoms with van der Waals surface area (Å²) in [6.45, 7) is 3.86. The van der Waals surface area contributed by atoms with Gasteiger partial charge in [-0.2, -0.15) is 4.80 Å². The lowest BCUT2D eigenvalue weighted by Gasteiger charge is -2.23. The highest BCUT2D eigenvalue weighted by molar-refractivity contribution is 5.79. The molecule has 1 amide bonds. The van der Waals surface area contributed by atoms with Crippen LogP contribution in [0.3, 0.4) is 0 Å². The van der Waals surface area contributed by atoms with Gasteiger partial charge in [0.25, 0.3) is 5.91 Å². The van der Waals surface area contributed by atoms with Crippen LogP contribution in [0.1, 0.15) is 19.9 Å². The summed E-state index contributed by atoms with van der Waals surface area (Å²) < 4.78 is 0. The van der Waals surface area contributed by atoms with Crippen molar-refractivity contribution in [3.8, 4) is 11.4 Å². The van der Waals surface area contributed by atoms with E-state index in [2.05, 4.69) is 15.4 Å². The van der Waals surface area contributed by atoms with Gasteiger partial charge < -0.3 is 0 Å². The molecule has 21 heavy (non-hydrogen) atoms. The quantitative estimate of drug-likeness (QED) is 0.781. The van der Waals surface area contributed by atoms with E-state index in [1.54, 1.807) is 7.05 Å². The van der Waals surface area contributed by atoms with Gasteiger partial charge in [0.2, 0.25) is 5.82 Å². The summed E-state index contributed by atoms with van der Waals surface area (Å²) in [5.41, 5.74) is 0.860. The van der Waals surface area contributed by atoms with Gasteiger partial charge in [-0.1, -0.05) is 44.2 Å². The molecule has 0 aliphatic carbocycles. The van der Waals surface area contributed by atoms with Crippen molar-refractivity contribution < 1.29 is 9.63 Å². The molecule has 0 unspecified atom stereocenters. The van der Waals surface area contributed by atoms with Crippen LogP contribution in [0.25, 0.3) is 11.4 Å². The van der Waals surface area contributed by atoms with Gasteiger partial charge in [-0.05, 0) is 11.1 Å². The summed E-state index contributed by atoms with van der Waals surface area (Å²) in [5.74, 6) is 0.284. The fourth-order valence-electron chi connectivity index (χ4n) is 1.97. The number of hydroxylamine groups is 2. The molecule has 0 radical (unpaired) electrons. The Hall–Kier alpha value is -2.28. The van der Waals surface area contributed by atoms with Crippen LogP contribution in [0, 0.1) is 5.92 Å². The van der Waals surface area contributed by atoms with Crippen molar-refractivity contribution in [3.63, 3.8) is 0 Å². The molecule has 0 aliphatic rings. The molecule has 7 heteroatoms. The maximum absolute atomic E-state index is 12.3. The van der Waals surface area contributed by atoms with Gasteiger partial charge in [-0.3, -0.25) is 9.63 Å². The van der Waals surface area contributed by atoms with Crippen LogP contribution in [0.2, 0.25) is 0 Å². The van der Waals surface area contributed by atoms with Crippen LogP contribution in [-0.4, -0.2) is 45.3 Å². The number of carbonyl (C=O) groups is 1. The van der Waals surface area contributed by atoms with E-state index in [-0.39, 0.29) is 11.8 Å². The minimum absolute atomic E-state index is 0.00734. The molecule has 0 saturated heterocycles. The number of rotatable bonds is 5. The number of aromatic nitrogens is 4. The molecular weight excluding hydrogens is 270 g/mol. The molecule has 112 valence electrons. The highest BCUT2D eigenvalue weighted by Crippen LogP contribution is 2.20. The number of hydrogen-bond acceptors (Lipinski definition) is 5. The number of hydrogen-bond donors (Lipinski definition) is 0. The minimum Gasteiger partial charge on any atom is -0.274 e. The van der Waals surface area contributed by atoms with Gasteiger partial charge in [0.15, 0.2) is 6.04 Å². The average Bonchev–Trinajstić information content (AvgIpc) is 2.96. The highest BCUT2D eigenvalue weighted by atomic mass is 16.7. The van der Waals surface area contributed by atoms with Crippen molar-refractivity contribution in [1.82, 2.24) is 25.3 Å². The fraction of sp³-hybridized carbons (Fsp3) is 0.429. The summed E-state index contributed by atoms with van der Waals surface area (Å²) >= 11 is 0. The number of benzene rings is 1. The highest BCUT2D eigenvalue weighted by Gasteiger charge is 2.30. The van der Waals surface area contributed by atoms with E-state index in [1.807, 2.05) is 44.2 Å². The first kappa shape index (κ1) is 15.1. The third-order valence-electron chi connectivity index (χ3n) is 3.18. The van der Waals surface area contributed by atoms with Crippen LogP contribution < -0.4 is 0 Å². The third kappa shape index (κ3) is 3.25. The number of nitrogens with zero attached hydrogens (tertiary/aromatic N) is 5. The topological polar surface area (TPSA) is 73.1 Å². The predicted molar refractivity (Wildman–Crippen MR) is 76.9 cm³/mol. The molecule has 1 aromatic heterocycles. The first-order valence-corrected chi connectivity index (χ1v) is 6.71. The van der Waals surface area contributed by atoms with Crippen molar-refractivity contribution in [2.45, 2.75) is 19.9 Å². The van der Waals surface area contributed by atoms with E-state index >= 15 is 0 Å². The second kappa shape index (κ2) is 6.45. The maximum atomic E-state index is 12.3. The second-order valence-electron chi connectivity index (χ2n) is 5.01. The molecule has 0 spiro atoms. The van der Waals surface area contributed by atoms with Crippen LogP contribution in [0.5, 0.6) is 0 Å². The smallest absolute Gasteiger partial charge is 0.272 e. The molecule has 0 fully saturated rings. The molecule has 7 nitrogen and oxygen atoms in total. The lowest BCUT2D eigenvalue weighted by molar-refractivity contribution is -0.174. The van der Waals surface area contributed by atoms with E-state index in [1.165, 1.54) is 17.0 Å². The van der Waals surface area contributed by atoms with Crippen LogP contribution in [0.15, 0.2) is 30.3 Å². The Morgan fingerprint density at radius 2 is 1.95 bits per heavy atom. The number of carbonyl (C=O) groups excluding carboxylic acids is 1. The Bertz CT molecular complexity index is 596. The SMILES string of the molecule is CON(C)C(=O)[C@@H](C(C)C)n1nnc(-c2ccccc2)n1. The maximum Gasteiger partial charge on any atom is 0.272 e. The first-order valence-electron chi connectivity index (χ1n) is 6.71. The summed E-state index contributed by atoms with van der Waals surface area (Å²) in [6.07, 6.45) is 0. The molecule has 2 rings (SSSR count). The average molecular weight is 289 g/mol. The zero-order chi connectivity index (χ0) is 15.4. The van der Waals surface area contributed by atoms with Gasteiger partial charge in [0, 0.05) is 12.6 Å². The predicted octanol–water partition coefficient (Wildman–Crippen LogP) is 1.56. The van der Waals surface area contributed by atoms with Gasteiger partial charge in [-0.15, -0.1) is 10.2 Å². The third-order valence-corrected chi connectivity index (χ3v) is 3.18. The Labute approximate surface area is 123 Å². The zero-order valence-corrected chi connectivity index (χ0v) is 12.6. The molecule has 2 aromatic rings. The molecular formula is C14H19N5O2. The van der Waals surface area contributed by atoms with Crippen LogP contribution in [-0.2, 0) is 9.63 Å². The summed E-state index contributed by atoms with van der Waals surface area (Å²) in [6, 6.07) is 8.96. The monoisotopic (exact) mass is 289 g/mol. The Morgan fingerprint density at radius 1 is 1.29 bits per heavy atom. The fourth-order valence-corrected chi connectivity index (χ4v) is 1.97. The first-order chi connectivity index (χ1) is 10.0. The van der Waals surface area contributed by atoms with Crippen LogP contribution >= 0.6 is 0 Å². The molecule has 1 heterocycles. The lowest BCUT2D eigenvalue weighted by atomic mass is 10.0. The Kier molecular flexibility index (Phi) is 4.64. The van der Waals surface area contributed by atoms with E-state index in [0.29, 0.717) is 5.82 Å². The van der Waals surface area contributed by atoms with Gasteiger partial charge in [0.1, 0.15) is 0 Å². The van der Waals surface area contributed by atoms with Crippen molar-refractivity contribution in [2.75, 3.05) is 14.2 Å².